The first-order valence-corrected chi connectivity index (χ1v) is 7.25. The topological polar surface area (TPSA) is 43.6 Å². The van der Waals surface area contributed by atoms with Crippen LogP contribution < -0.4 is 0 Å². The van der Waals surface area contributed by atoms with Gasteiger partial charge in [0.2, 0.25) is 0 Å². The van der Waals surface area contributed by atoms with E-state index in [-0.39, 0.29) is 11.9 Å². The molecule has 0 spiro atoms. The van der Waals surface area contributed by atoms with Crippen LogP contribution >= 0.6 is 0 Å². The highest BCUT2D eigenvalue weighted by atomic mass is 19.1. The zero-order chi connectivity index (χ0) is 15.6. The van der Waals surface area contributed by atoms with E-state index < -0.39 is 0 Å². The van der Waals surface area contributed by atoms with Gasteiger partial charge in [0.1, 0.15) is 5.82 Å². The van der Waals surface area contributed by atoms with Gasteiger partial charge in [0.15, 0.2) is 0 Å². The Kier molecular flexibility index (Phi) is 3.31. The van der Waals surface area contributed by atoms with Crippen molar-refractivity contribution >= 4 is 11.0 Å². The summed E-state index contributed by atoms with van der Waals surface area (Å²) in [5.74, 6) is -0.256. The van der Waals surface area contributed by atoms with Crippen molar-refractivity contribution in [1.29, 1.82) is 0 Å². The Bertz CT molecular complexity index is 950. The number of rotatable bonds is 3. The Morgan fingerprint density at radius 1 is 0.870 bits per heavy atom. The van der Waals surface area contributed by atoms with E-state index in [0.29, 0.717) is 0 Å². The summed E-state index contributed by atoms with van der Waals surface area (Å²) in [6.45, 7) is 0. The molecule has 0 aliphatic heterocycles. The Morgan fingerprint density at radius 3 is 2.48 bits per heavy atom. The highest BCUT2D eigenvalue weighted by Crippen LogP contribution is 2.28. The summed E-state index contributed by atoms with van der Waals surface area (Å²) in [4.78, 5) is 12.8. The van der Waals surface area contributed by atoms with E-state index in [0.717, 1.165) is 22.2 Å². The van der Waals surface area contributed by atoms with Crippen molar-refractivity contribution in [3.63, 3.8) is 0 Å². The van der Waals surface area contributed by atoms with Gasteiger partial charge in [-0.2, -0.15) is 0 Å². The second-order valence-electron chi connectivity index (χ2n) is 5.27. The number of aromatic nitrogens is 4. The van der Waals surface area contributed by atoms with Crippen molar-refractivity contribution in [3.05, 3.63) is 90.5 Å². The molecule has 4 aromatic rings. The van der Waals surface area contributed by atoms with E-state index in [2.05, 4.69) is 15.0 Å². The minimum Gasteiger partial charge on any atom is -0.326 e. The summed E-state index contributed by atoms with van der Waals surface area (Å²) in [5.41, 5.74) is 3.50. The van der Waals surface area contributed by atoms with Crippen LogP contribution in [0.1, 0.15) is 17.2 Å². The highest BCUT2D eigenvalue weighted by molar-refractivity contribution is 5.74. The van der Waals surface area contributed by atoms with Gasteiger partial charge in [-0.1, -0.05) is 18.2 Å². The molecule has 4 rings (SSSR count). The summed E-state index contributed by atoms with van der Waals surface area (Å²) < 4.78 is 15.6. The molecule has 0 N–H and O–H groups in total. The van der Waals surface area contributed by atoms with E-state index in [9.17, 15) is 4.39 Å². The third kappa shape index (κ3) is 2.57. The first-order valence-electron chi connectivity index (χ1n) is 7.25. The second kappa shape index (κ2) is 5.61. The van der Waals surface area contributed by atoms with Gasteiger partial charge in [0.05, 0.1) is 23.4 Å². The Morgan fingerprint density at radius 2 is 1.70 bits per heavy atom. The molecule has 5 heteroatoms. The Labute approximate surface area is 132 Å². The predicted octanol–water partition coefficient (Wildman–Crippen LogP) is 3.60. The minimum absolute atomic E-state index is 0.167. The monoisotopic (exact) mass is 304 g/mol. The van der Waals surface area contributed by atoms with Gasteiger partial charge in [-0.05, 0) is 35.4 Å². The molecule has 0 aliphatic carbocycles. The third-order valence-electron chi connectivity index (χ3n) is 3.80. The number of benzene rings is 2. The van der Waals surface area contributed by atoms with Crippen LogP contribution in [0.15, 0.2) is 73.6 Å². The fraction of sp³-hybridized carbons (Fsp3) is 0.0556. The van der Waals surface area contributed by atoms with E-state index >= 15 is 0 Å². The smallest absolute Gasteiger partial charge is 0.123 e. The van der Waals surface area contributed by atoms with Gasteiger partial charge >= 0.3 is 0 Å². The zero-order valence-corrected chi connectivity index (χ0v) is 12.2. The molecule has 1 unspecified atom stereocenters. The molecule has 0 bridgehead atoms. The van der Waals surface area contributed by atoms with Crippen LogP contribution in [-0.4, -0.2) is 19.5 Å². The van der Waals surface area contributed by atoms with Crippen LogP contribution in [0.2, 0.25) is 0 Å². The molecule has 2 aromatic heterocycles. The first kappa shape index (κ1) is 13.6. The summed E-state index contributed by atoms with van der Waals surface area (Å²) in [5, 5.41) is 0. The van der Waals surface area contributed by atoms with Crippen molar-refractivity contribution in [2.24, 2.45) is 0 Å². The summed E-state index contributed by atoms with van der Waals surface area (Å²) in [6.07, 6.45) is 8.66. The maximum Gasteiger partial charge on any atom is 0.123 e. The molecule has 0 amide bonds. The van der Waals surface area contributed by atoms with Crippen molar-refractivity contribution in [3.8, 4) is 0 Å². The van der Waals surface area contributed by atoms with Crippen LogP contribution in [0.5, 0.6) is 0 Å². The highest BCUT2D eigenvalue weighted by Gasteiger charge is 2.17. The van der Waals surface area contributed by atoms with Gasteiger partial charge in [0.25, 0.3) is 0 Å². The molecule has 2 aromatic carbocycles. The van der Waals surface area contributed by atoms with E-state index in [1.165, 1.54) is 6.07 Å². The lowest BCUT2D eigenvalue weighted by molar-refractivity contribution is 0.615. The van der Waals surface area contributed by atoms with Gasteiger partial charge in [-0.15, -0.1) is 0 Å². The lowest BCUT2D eigenvalue weighted by atomic mass is 9.98. The average Bonchev–Trinajstić information content (AvgIpc) is 3.09. The number of halogens is 1. The zero-order valence-electron chi connectivity index (χ0n) is 12.2. The molecule has 1 atom stereocenters. The van der Waals surface area contributed by atoms with E-state index in [4.69, 9.17) is 0 Å². The number of fused-ring (bicyclic) bond motifs is 1. The quantitative estimate of drug-likeness (QED) is 0.581. The molecule has 0 fully saturated rings. The minimum atomic E-state index is -0.256. The second-order valence-corrected chi connectivity index (χ2v) is 5.27. The molecule has 23 heavy (non-hydrogen) atoms. The number of imidazole rings is 1. The molecule has 112 valence electrons. The summed E-state index contributed by atoms with van der Waals surface area (Å²) in [6, 6.07) is 12.4. The largest absolute Gasteiger partial charge is 0.326 e. The maximum absolute atomic E-state index is 13.7. The molecule has 0 radical (unpaired) electrons. The molecule has 4 nitrogen and oxygen atoms in total. The van der Waals surface area contributed by atoms with E-state index in [1.54, 1.807) is 37.1 Å². The van der Waals surface area contributed by atoms with Crippen molar-refractivity contribution < 1.29 is 4.39 Å². The van der Waals surface area contributed by atoms with Crippen molar-refractivity contribution in [2.75, 3.05) is 0 Å². The SMILES string of the molecule is Fc1cccc(C(c2ccc3nccnc3c2)n2ccnc2)c1. The predicted molar refractivity (Wildman–Crippen MR) is 85.4 cm³/mol. The number of nitrogens with zero attached hydrogens (tertiary/aromatic N) is 4. The molecule has 2 heterocycles. The third-order valence-corrected chi connectivity index (χ3v) is 3.80. The Balaban J connectivity index is 1.90. The molecule has 0 saturated heterocycles. The Hall–Kier alpha value is -3.08. The molecular formula is C18H13FN4. The van der Waals surface area contributed by atoms with Gasteiger partial charge < -0.3 is 4.57 Å². The lowest BCUT2D eigenvalue weighted by Crippen LogP contribution is -2.11. The van der Waals surface area contributed by atoms with Gasteiger partial charge in [0, 0.05) is 24.8 Å². The summed E-state index contributed by atoms with van der Waals surface area (Å²) >= 11 is 0. The van der Waals surface area contributed by atoms with Crippen LogP contribution in [-0.2, 0) is 0 Å². The molecule has 0 saturated carbocycles. The van der Waals surface area contributed by atoms with Crippen LogP contribution in [0, 0.1) is 5.82 Å². The number of hydrogen-bond donors (Lipinski definition) is 0. The average molecular weight is 304 g/mol. The normalized spacial score (nSPS) is 12.4. The summed E-state index contributed by atoms with van der Waals surface area (Å²) in [7, 11) is 0. The first-order chi connectivity index (χ1) is 11.3. The fourth-order valence-electron chi connectivity index (χ4n) is 2.79. The fourth-order valence-corrected chi connectivity index (χ4v) is 2.79. The molecule has 0 aliphatic rings. The standard InChI is InChI=1S/C18H13FN4/c19-15-3-1-2-13(10-15)18(23-9-8-20-12-23)14-4-5-16-17(11-14)22-7-6-21-16/h1-12,18H. The lowest BCUT2D eigenvalue weighted by Gasteiger charge is -2.20. The van der Waals surface area contributed by atoms with E-state index in [1.807, 2.05) is 35.0 Å². The van der Waals surface area contributed by atoms with Gasteiger partial charge in [-0.3, -0.25) is 9.97 Å². The van der Waals surface area contributed by atoms with Crippen molar-refractivity contribution in [1.82, 2.24) is 19.5 Å². The van der Waals surface area contributed by atoms with Gasteiger partial charge in [-0.25, -0.2) is 9.37 Å². The van der Waals surface area contributed by atoms with Crippen LogP contribution in [0.4, 0.5) is 4.39 Å². The number of hydrogen-bond acceptors (Lipinski definition) is 3. The van der Waals surface area contributed by atoms with Crippen LogP contribution in [0.3, 0.4) is 0 Å². The maximum atomic E-state index is 13.7. The van der Waals surface area contributed by atoms with Crippen LogP contribution in [0.25, 0.3) is 11.0 Å². The molecular weight excluding hydrogens is 291 g/mol. The van der Waals surface area contributed by atoms with Crippen molar-refractivity contribution in [2.45, 2.75) is 6.04 Å².